The summed E-state index contributed by atoms with van der Waals surface area (Å²) in [4.78, 5) is 10.2. The number of hydrogen-bond acceptors (Lipinski definition) is 3. The normalized spacial score (nSPS) is 12.2. The van der Waals surface area contributed by atoms with E-state index < -0.39 is 4.92 Å². The van der Waals surface area contributed by atoms with E-state index in [0.29, 0.717) is 11.4 Å². The van der Waals surface area contributed by atoms with E-state index in [4.69, 9.17) is 17.3 Å². The molecule has 0 aliphatic rings. The number of nitro benzene ring substituents is 1. The quantitative estimate of drug-likeness (QED) is 0.476. The minimum absolute atomic E-state index is 0.0830. The fourth-order valence-corrected chi connectivity index (χ4v) is 2.39. The molecule has 1 unspecified atom stereocenters. The first kappa shape index (κ1) is 15.2. The first-order chi connectivity index (χ1) is 9.47. The van der Waals surface area contributed by atoms with E-state index in [2.05, 4.69) is 22.6 Å². The average Bonchev–Trinajstić information content (AvgIpc) is 2.42. The molecule has 0 bridgehead atoms. The number of halogens is 2. The van der Waals surface area contributed by atoms with E-state index in [0.717, 1.165) is 14.7 Å². The fourth-order valence-electron chi connectivity index (χ4n) is 1.87. The summed E-state index contributed by atoms with van der Waals surface area (Å²) < 4.78 is 0.982. The van der Waals surface area contributed by atoms with Crippen LogP contribution in [-0.2, 0) is 6.42 Å². The van der Waals surface area contributed by atoms with Crippen LogP contribution in [0.3, 0.4) is 0 Å². The molecule has 1 atom stereocenters. The third-order valence-corrected chi connectivity index (χ3v) is 4.55. The van der Waals surface area contributed by atoms with Gasteiger partial charge >= 0.3 is 0 Å². The molecule has 2 aromatic rings. The van der Waals surface area contributed by atoms with Gasteiger partial charge in [0.25, 0.3) is 5.69 Å². The lowest BCUT2D eigenvalue weighted by Gasteiger charge is -2.13. The Kier molecular flexibility index (Phi) is 4.95. The second-order valence-corrected chi connectivity index (χ2v) is 5.98. The topological polar surface area (TPSA) is 69.2 Å². The lowest BCUT2D eigenvalue weighted by atomic mass is 10.00. The van der Waals surface area contributed by atoms with Crippen LogP contribution in [0.5, 0.6) is 0 Å². The van der Waals surface area contributed by atoms with Crippen LogP contribution in [0.15, 0.2) is 42.5 Å². The van der Waals surface area contributed by atoms with Crippen molar-refractivity contribution < 1.29 is 4.92 Å². The van der Waals surface area contributed by atoms with E-state index in [-0.39, 0.29) is 11.7 Å². The molecule has 0 radical (unpaired) electrons. The van der Waals surface area contributed by atoms with Gasteiger partial charge in [-0.3, -0.25) is 10.1 Å². The Bertz CT molecular complexity index is 632. The molecule has 0 heterocycles. The zero-order chi connectivity index (χ0) is 14.7. The number of hydrogen-bond donors (Lipinski definition) is 1. The highest BCUT2D eigenvalue weighted by molar-refractivity contribution is 14.1. The van der Waals surface area contributed by atoms with Crippen LogP contribution in [0, 0.1) is 13.7 Å². The maximum absolute atomic E-state index is 10.6. The van der Waals surface area contributed by atoms with Crippen LogP contribution >= 0.6 is 34.2 Å². The van der Waals surface area contributed by atoms with Gasteiger partial charge in [0.2, 0.25) is 0 Å². The molecule has 4 nitrogen and oxygen atoms in total. The lowest BCUT2D eigenvalue weighted by molar-refractivity contribution is -0.384. The van der Waals surface area contributed by atoms with Crippen LogP contribution in [0.2, 0.25) is 5.02 Å². The first-order valence-corrected chi connectivity index (χ1v) is 7.37. The molecule has 0 fully saturated rings. The van der Waals surface area contributed by atoms with Crippen molar-refractivity contribution in [2.45, 2.75) is 12.5 Å². The van der Waals surface area contributed by atoms with Gasteiger partial charge in [-0.15, -0.1) is 0 Å². The predicted molar refractivity (Wildman–Crippen MR) is 87.9 cm³/mol. The predicted octanol–water partition coefficient (Wildman–Crippen LogP) is 4.10. The Balaban J connectivity index is 2.12. The Hall–Kier alpha value is -1.18. The van der Waals surface area contributed by atoms with Crippen molar-refractivity contribution in [3.63, 3.8) is 0 Å². The molecule has 0 spiro atoms. The lowest BCUT2D eigenvalue weighted by Crippen LogP contribution is -2.13. The Morgan fingerprint density at radius 2 is 1.90 bits per heavy atom. The summed E-state index contributed by atoms with van der Waals surface area (Å²) >= 11 is 8.24. The summed E-state index contributed by atoms with van der Waals surface area (Å²) in [6.07, 6.45) is 0.606. The van der Waals surface area contributed by atoms with E-state index in [1.165, 1.54) is 12.1 Å². The molecular formula is C14H12ClIN2O2. The molecule has 104 valence electrons. The molecule has 0 aromatic heterocycles. The van der Waals surface area contributed by atoms with Gasteiger partial charge in [0.1, 0.15) is 0 Å². The molecule has 2 aromatic carbocycles. The molecule has 0 aliphatic carbocycles. The molecular weight excluding hydrogens is 391 g/mol. The summed E-state index contributed by atoms with van der Waals surface area (Å²) in [5.41, 5.74) is 8.14. The number of nitrogens with zero attached hydrogens (tertiary/aromatic N) is 1. The van der Waals surface area contributed by atoms with Gasteiger partial charge in [0.05, 0.1) is 9.95 Å². The largest absolute Gasteiger partial charge is 0.324 e. The van der Waals surface area contributed by atoms with Crippen molar-refractivity contribution in [3.8, 4) is 0 Å². The molecule has 6 heteroatoms. The number of non-ortho nitro benzene ring substituents is 1. The van der Waals surface area contributed by atoms with Gasteiger partial charge in [0.15, 0.2) is 0 Å². The second kappa shape index (κ2) is 6.51. The summed E-state index contributed by atoms with van der Waals surface area (Å²) in [6, 6.07) is 12.0. The molecule has 0 saturated heterocycles. The standard InChI is InChI=1S/C14H12ClIN2O2/c15-12-8-10(3-6-13(12)16)14(17)7-9-1-4-11(5-2-9)18(19)20/h1-6,8,14H,7,17H2. The molecule has 0 aliphatic heterocycles. The number of nitro groups is 1. The van der Waals surface area contributed by atoms with Crippen LogP contribution in [0.1, 0.15) is 17.2 Å². The maximum atomic E-state index is 10.6. The van der Waals surface area contributed by atoms with Crippen molar-refractivity contribution in [3.05, 3.63) is 72.3 Å². The van der Waals surface area contributed by atoms with E-state index in [1.807, 2.05) is 18.2 Å². The average molecular weight is 403 g/mol. The zero-order valence-electron chi connectivity index (χ0n) is 10.4. The number of rotatable bonds is 4. The molecule has 0 saturated carbocycles. The highest BCUT2D eigenvalue weighted by Crippen LogP contribution is 2.24. The third-order valence-electron chi connectivity index (χ3n) is 2.97. The minimum atomic E-state index is -0.414. The Morgan fingerprint density at radius 1 is 1.25 bits per heavy atom. The molecule has 20 heavy (non-hydrogen) atoms. The van der Waals surface area contributed by atoms with Crippen molar-refractivity contribution in [2.24, 2.45) is 5.73 Å². The third kappa shape index (κ3) is 3.68. The minimum Gasteiger partial charge on any atom is -0.324 e. The van der Waals surface area contributed by atoms with Crippen LogP contribution in [-0.4, -0.2) is 4.92 Å². The van der Waals surface area contributed by atoms with Gasteiger partial charge < -0.3 is 5.73 Å². The van der Waals surface area contributed by atoms with E-state index in [1.54, 1.807) is 12.1 Å². The van der Waals surface area contributed by atoms with Crippen molar-refractivity contribution in [2.75, 3.05) is 0 Å². The van der Waals surface area contributed by atoms with Gasteiger partial charge in [-0.25, -0.2) is 0 Å². The smallest absolute Gasteiger partial charge is 0.269 e. The van der Waals surface area contributed by atoms with Crippen molar-refractivity contribution in [1.29, 1.82) is 0 Å². The number of nitrogens with two attached hydrogens (primary N) is 1. The number of benzene rings is 2. The van der Waals surface area contributed by atoms with Gasteiger partial charge in [0, 0.05) is 21.7 Å². The molecule has 2 N–H and O–H groups in total. The van der Waals surface area contributed by atoms with Gasteiger partial charge in [-0.1, -0.05) is 29.8 Å². The van der Waals surface area contributed by atoms with E-state index in [9.17, 15) is 10.1 Å². The maximum Gasteiger partial charge on any atom is 0.269 e. The summed E-state index contributed by atoms with van der Waals surface area (Å²) in [7, 11) is 0. The first-order valence-electron chi connectivity index (χ1n) is 5.91. The van der Waals surface area contributed by atoms with Gasteiger partial charge in [-0.2, -0.15) is 0 Å². The zero-order valence-corrected chi connectivity index (χ0v) is 13.3. The highest BCUT2D eigenvalue weighted by Gasteiger charge is 2.10. The van der Waals surface area contributed by atoms with Gasteiger partial charge in [-0.05, 0) is 52.3 Å². The van der Waals surface area contributed by atoms with Crippen LogP contribution < -0.4 is 5.73 Å². The van der Waals surface area contributed by atoms with Crippen LogP contribution in [0.4, 0.5) is 5.69 Å². The van der Waals surface area contributed by atoms with Crippen LogP contribution in [0.25, 0.3) is 0 Å². The summed E-state index contributed by atoms with van der Waals surface area (Å²) in [5.74, 6) is 0. The van der Waals surface area contributed by atoms with Crippen molar-refractivity contribution in [1.82, 2.24) is 0 Å². The highest BCUT2D eigenvalue weighted by atomic mass is 127. The van der Waals surface area contributed by atoms with Crippen molar-refractivity contribution >= 4 is 39.9 Å². The molecule has 0 amide bonds. The Morgan fingerprint density at radius 3 is 2.45 bits per heavy atom. The van der Waals surface area contributed by atoms with E-state index >= 15 is 0 Å². The summed E-state index contributed by atoms with van der Waals surface area (Å²) in [6.45, 7) is 0. The monoisotopic (exact) mass is 402 g/mol. The molecule has 2 rings (SSSR count). The fraction of sp³-hybridized carbons (Fsp3) is 0.143. The SMILES string of the molecule is NC(Cc1ccc([N+](=O)[O-])cc1)c1ccc(I)c(Cl)c1. The second-order valence-electron chi connectivity index (χ2n) is 4.41. The summed E-state index contributed by atoms with van der Waals surface area (Å²) in [5, 5.41) is 11.3. The Labute approximate surface area is 135 Å².